The van der Waals surface area contributed by atoms with Crippen LogP contribution in [-0.2, 0) is 12.1 Å². The first-order valence-corrected chi connectivity index (χ1v) is 5.61. The molecule has 1 aromatic carbocycles. The van der Waals surface area contributed by atoms with Crippen LogP contribution in [0.15, 0.2) is 42.7 Å². The van der Waals surface area contributed by atoms with Crippen LogP contribution in [0, 0.1) is 6.92 Å². The van der Waals surface area contributed by atoms with E-state index in [1.165, 1.54) is 0 Å². The predicted octanol–water partition coefficient (Wildman–Crippen LogP) is 1.04. The number of nitrogens with zero attached hydrogens (tertiary/aromatic N) is 2. The number of aromatic nitrogens is 2. The standard InChI is InChI=1S/C13H17N3O/c1-11-7-15-16(8-11)10-13(17,9-14)12-5-3-2-4-6-12/h2-8,17H,9-10,14H2,1H3. The van der Waals surface area contributed by atoms with Gasteiger partial charge in [0.2, 0.25) is 0 Å². The first-order chi connectivity index (χ1) is 8.14. The van der Waals surface area contributed by atoms with Crippen LogP contribution in [0.5, 0.6) is 0 Å². The van der Waals surface area contributed by atoms with Crippen molar-refractivity contribution in [3.63, 3.8) is 0 Å². The van der Waals surface area contributed by atoms with Crippen molar-refractivity contribution in [3.8, 4) is 0 Å². The van der Waals surface area contributed by atoms with Gasteiger partial charge in [0.05, 0.1) is 12.7 Å². The van der Waals surface area contributed by atoms with E-state index in [4.69, 9.17) is 5.73 Å². The van der Waals surface area contributed by atoms with E-state index in [2.05, 4.69) is 5.10 Å². The maximum absolute atomic E-state index is 10.6. The molecule has 90 valence electrons. The van der Waals surface area contributed by atoms with Crippen molar-refractivity contribution in [2.75, 3.05) is 6.54 Å². The third-order valence-corrected chi connectivity index (χ3v) is 2.83. The number of aryl methyl sites for hydroxylation is 1. The Balaban J connectivity index is 2.26. The molecule has 1 aromatic heterocycles. The molecule has 0 amide bonds. The second-order valence-corrected chi connectivity index (χ2v) is 4.32. The molecule has 17 heavy (non-hydrogen) atoms. The molecule has 0 saturated carbocycles. The fourth-order valence-corrected chi connectivity index (χ4v) is 1.84. The third kappa shape index (κ3) is 2.54. The predicted molar refractivity (Wildman–Crippen MR) is 66.4 cm³/mol. The fourth-order valence-electron chi connectivity index (χ4n) is 1.84. The largest absolute Gasteiger partial charge is 0.382 e. The van der Waals surface area contributed by atoms with E-state index in [1.807, 2.05) is 43.5 Å². The number of benzene rings is 1. The molecule has 1 heterocycles. The lowest BCUT2D eigenvalue weighted by Gasteiger charge is -2.27. The van der Waals surface area contributed by atoms with Crippen molar-refractivity contribution < 1.29 is 5.11 Å². The van der Waals surface area contributed by atoms with Gasteiger partial charge < -0.3 is 10.8 Å². The topological polar surface area (TPSA) is 64.1 Å². The summed E-state index contributed by atoms with van der Waals surface area (Å²) in [6.07, 6.45) is 3.66. The number of hydrogen-bond donors (Lipinski definition) is 2. The van der Waals surface area contributed by atoms with Crippen molar-refractivity contribution >= 4 is 0 Å². The molecule has 4 nitrogen and oxygen atoms in total. The zero-order valence-electron chi connectivity index (χ0n) is 9.87. The summed E-state index contributed by atoms with van der Waals surface area (Å²) in [5.74, 6) is 0. The van der Waals surface area contributed by atoms with Gasteiger partial charge in [-0.15, -0.1) is 0 Å². The lowest BCUT2D eigenvalue weighted by molar-refractivity contribution is 0.0240. The molecule has 0 aliphatic rings. The number of hydrogen-bond acceptors (Lipinski definition) is 3. The summed E-state index contributed by atoms with van der Waals surface area (Å²) < 4.78 is 1.72. The molecule has 0 saturated heterocycles. The fraction of sp³-hybridized carbons (Fsp3) is 0.308. The quantitative estimate of drug-likeness (QED) is 0.826. The molecule has 0 aliphatic heterocycles. The summed E-state index contributed by atoms with van der Waals surface area (Å²) in [7, 11) is 0. The summed E-state index contributed by atoms with van der Waals surface area (Å²) in [5, 5.41) is 14.7. The Hall–Kier alpha value is -1.65. The van der Waals surface area contributed by atoms with Gasteiger partial charge >= 0.3 is 0 Å². The van der Waals surface area contributed by atoms with Gasteiger partial charge in [-0.05, 0) is 18.1 Å². The molecule has 0 radical (unpaired) electrons. The Labute approximate surface area is 101 Å². The maximum atomic E-state index is 10.6. The van der Waals surface area contributed by atoms with Crippen LogP contribution in [0.3, 0.4) is 0 Å². The summed E-state index contributed by atoms with van der Waals surface area (Å²) >= 11 is 0. The molecular weight excluding hydrogens is 214 g/mol. The zero-order valence-corrected chi connectivity index (χ0v) is 9.87. The number of aliphatic hydroxyl groups is 1. The minimum atomic E-state index is -1.07. The number of nitrogens with two attached hydrogens (primary N) is 1. The highest BCUT2D eigenvalue weighted by Gasteiger charge is 2.28. The van der Waals surface area contributed by atoms with E-state index < -0.39 is 5.60 Å². The molecule has 0 aliphatic carbocycles. The van der Waals surface area contributed by atoms with Crippen LogP contribution in [-0.4, -0.2) is 21.4 Å². The average molecular weight is 231 g/mol. The van der Waals surface area contributed by atoms with E-state index in [0.29, 0.717) is 6.54 Å². The molecule has 0 bridgehead atoms. The van der Waals surface area contributed by atoms with Gasteiger partial charge in [-0.1, -0.05) is 30.3 Å². The molecule has 1 unspecified atom stereocenters. The molecule has 2 rings (SSSR count). The lowest BCUT2D eigenvalue weighted by atomic mass is 9.94. The minimum Gasteiger partial charge on any atom is -0.382 e. The van der Waals surface area contributed by atoms with Crippen molar-refractivity contribution in [2.24, 2.45) is 5.73 Å². The molecule has 0 fully saturated rings. The Morgan fingerprint density at radius 3 is 2.59 bits per heavy atom. The van der Waals surface area contributed by atoms with Gasteiger partial charge in [-0.25, -0.2) is 0 Å². The highest BCUT2D eigenvalue weighted by molar-refractivity contribution is 5.22. The van der Waals surface area contributed by atoms with Crippen molar-refractivity contribution in [3.05, 3.63) is 53.9 Å². The van der Waals surface area contributed by atoms with Crippen LogP contribution in [0.25, 0.3) is 0 Å². The molecule has 4 heteroatoms. The summed E-state index contributed by atoms with van der Waals surface area (Å²) in [6, 6.07) is 9.46. The van der Waals surface area contributed by atoms with Crippen molar-refractivity contribution in [1.82, 2.24) is 9.78 Å². The SMILES string of the molecule is Cc1cnn(CC(O)(CN)c2ccccc2)c1. The van der Waals surface area contributed by atoms with Crippen LogP contribution in [0.4, 0.5) is 0 Å². The van der Waals surface area contributed by atoms with E-state index >= 15 is 0 Å². The monoisotopic (exact) mass is 231 g/mol. The Kier molecular flexibility index (Phi) is 3.26. The summed E-state index contributed by atoms with van der Waals surface area (Å²) in [6.45, 7) is 2.49. The third-order valence-electron chi connectivity index (χ3n) is 2.83. The first kappa shape index (κ1) is 11.8. The zero-order chi connectivity index (χ0) is 12.3. The summed E-state index contributed by atoms with van der Waals surface area (Å²) in [4.78, 5) is 0. The Morgan fingerprint density at radius 2 is 2.06 bits per heavy atom. The van der Waals surface area contributed by atoms with Crippen LogP contribution < -0.4 is 5.73 Å². The Morgan fingerprint density at radius 1 is 1.35 bits per heavy atom. The molecule has 2 aromatic rings. The number of rotatable bonds is 4. The minimum absolute atomic E-state index is 0.163. The first-order valence-electron chi connectivity index (χ1n) is 5.61. The van der Waals surface area contributed by atoms with Gasteiger partial charge in [0, 0.05) is 12.7 Å². The second-order valence-electron chi connectivity index (χ2n) is 4.32. The smallest absolute Gasteiger partial charge is 0.121 e. The van der Waals surface area contributed by atoms with Crippen LogP contribution >= 0.6 is 0 Å². The average Bonchev–Trinajstić information content (AvgIpc) is 2.75. The lowest BCUT2D eigenvalue weighted by Crippen LogP contribution is -2.39. The van der Waals surface area contributed by atoms with Gasteiger partial charge in [-0.2, -0.15) is 5.10 Å². The maximum Gasteiger partial charge on any atom is 0.121 e. The van der Waals surface area contributed by atoms with E-state index in [9.17, 15) is 5.11 Å². The van der Waals surface area contributed by atoms with Crippen molar-refractivity contribution in [1.29, 1.82) is 0 Å². The normalized spacial score (nSPS) is 14.5. The van der Waals surface area contributed by atoms with Gasteiger partial charge in [0.25, 0.3) is 0 Å². The van der Waals surface area contributed by atoms with Gasteiger partial charge in [0.1, 0.15) is 5.60 Å². The Bertz CT molecular complexity index is 480. The van der Waals surface area contributed by atoms with E-state index in [0.717, 1.165) is 11.1 Å². The summed E-state index contributed by atoms with van der Waals surface area (Å²) in [5.41, 5.74) is 6.52. The molecule has 1 atom stereocenters. The highest BCUT2D eigenvalue weighted by atomic mass is 16.3. The second kappa shape index (κ2) is 4.69. The van der Waals surface area contributed by atoms with E-state index in [1.54, 1.807) is 10.9 Å². The molecule has 3 N–H and O–H groups in total. The molecular formula is C13H17N3O. The van der Waals surface area contributed by atoms with Crippen LogP contribution in [0.1, 0.15) is 11.1 Å². The van der Waals surface area contributed by atoms with Crippen LogP contribution in [0.2, 0.25) is 0 Å². The van der Waals surface area contributed by atoms with Gasteiger partial charge in [-0.3, -0.25) is 4.68 Å². The van der Waals surface area contributed by atoms with Crippen molar-refractivity contribution in [2.45, 2.75) is 19.1 Å². The van der Waals surface area contributed by atoms with Gasteiger partial charge in [0.15, 0.2) is 0 Å². The van der Waals surface area contributed by atoms with E-state index in [-0.39, 0.29) is 6.54 Å². The highest BCUT2D eigenvalue weighted by Crippen LogP contribution is 2.21. The molecule has 0 spiro atoms.